The first-order chi connectivity index (χ1) is 17.0. The number of aliphatic hydroxyl groups is 1. The summed E-state index contributed by atoms with van der Waals surface area (Å²) < 4.78 is 11.7. The van der Waals surface area contributed by atoms with Gasteiger partial charge in [0.2, 0.25) is 0 Å². The molecular formula is C32H50O5. The first kappa shape index (κ1) is 27.4. The van der Waals surface area contributed by atoms with Crippen molar-refractivity contribution in [3.8, 4) is 0 Å². The largest absolute Gasteiger partial charge is 0.460 e. The molecular weight excluding hydrogens is 464 g/mol. The van der Waals surface area contributed by atoms with Crippen LogP contribution in [0.25, 0.3) is 0 Å². The predicted octanol–water partition coefficient (Wildman–Crippen LogP) is 6.41. The summed E-state index contributed by atoms with van der Waals surface area (Å²) in [7, 11) is 0. The Morgan fingerprint density at radius 1 is 1.08 bits per heavy atom. The molecule has 5 nitrogen and oxygen atoms in total. The van der Waals surface area contributed by atoms with Gasteiger partial charge < -0.3 is 14.6 Å². The highest BCUT2D eigenvalue weighted by molar-refractivity contribution is 5.85. The van der Waals surface area contributed by atoms with Gasteiger partial charge in [0.05, 0.1) is 11.7 Å². The van der Waals surface area contributed by atoms with E-state index in [-0.39, 0.29) is 63.4 Å². The smallest absolute Gasteiger partial charge is 0.302 e. The van der Waals surface area contributed by atoms with E-state index in [4.69, 9.17) is 9.47 Å². The molecule has 0 unspecified atom stereocenters. The second-order valence-corrected chi connectivity index (χ2v) is 15.2. The van der Waals surface area contributed by atoms with Gasteiger partial charge in [0, 0.05) is 18.8 Å². The van der Waals surface area contributed by atoms with E-state index in [0.29, 0.717) is 18.1 Å². The van der Waals surface area contributed by atoms with Crippen molar-refractivity contribution in [2.24, 2.45) is 39.4 Å². The number of fused-ring (bicyclic) bond motifs is 5. The van der Waals surface area contributed by atoms with Crippen molar-refractivity contribution in [1.82, 2.24) is 0 Å². The van der Waals surface area contributed by atoms with Gasteiger partial charge in [-0.05, 0) is 92.8 Å². The lowest BCUT2D eigenvalue weighted by Gasteiger charge is -2.69. The summed E-state index contributed by atoms with van der Waals surface area (Å²) in [6.07, 6.45) is 6.64. The fourth-order valence-electron chi connectivity index (χ4n) is 10.4. The molecule has 0 bridgehead atoms. The van der Waals surface area contributed by atoms with E-state index in [1.807, 2.05) is 0 Å². The average Bonchev–Trinajstić information content (AvgIpc) is 3.27. The first-order valence-corrected chi connectivity index (χ1v) is 14.8. The van der Waals surface area contributed by atoms with Gasteiger partial charge in [-0.2, -0.15) is 0 Å². The number of epoxide rings is 1. The van der Waals surface area contributed by atoms with Crippen LogP contribution in [0.5, 0.6) is 0 Å². The Bertz CT molecular complexity index is 1020. The van der Waals surface area contributed by atoms with Crippen LogP contribution >= 0.6 is 0 Å². The summed E-state index contributed by atoms with van der Waals surface area (Å²) >= 11 is 0. The predicted molar refractivity (Wildman–Crippen MR) is 144 cm³/mol. The van der Waals surface area contributed by atoms with Crippen LogP contribution in [0.2, 0.25) is 0 Å². The molecule has 3 saturated carbocycles. The van der Waals surface area contributed by atoms with Crippen LogP contribution in [0.1, 0.15) is 114 Å². The number of rotatable bonds is 5. The number of Topliss-reactive ketones (excluding diaryl/α,β-unsaturated/α-hetero) is 1. The average molecular weight is 515 g/mol. The Hall–Kier alpha value is -1.20. The van der Waals surface area contributed by atoms with Crippen LogP contribution < -0.4 is 0 Å². The van der Waals surface area contributed by atoms with Gasteiger partial charge in [0.1, 0.15) is 18.0 Å². The fraction of sp³-hybridized carbons (Fsp3) is 0.875. The third kappa shape index (κ3) is 3.84. The Morgan fingerprint density at radius 3 is 2.32 bits per heavy atom. The normalized spacial score (nSPS) is 45.4. The lowest BCUT2D eigenvalue weighted by Crippen LogP contribution is -2.65. The highest BCUT2D eigenvalue weighted by Gasteiger charge is 2.69. The summed E-state index contributed by atoms with van der Waals surface area (Å²) in [6.45, 7) is 19.5. The number of ether oxygens (including phenoxy) is 2. The van der Waals surface area contributed by atoms with Crippen molar-refractivity contribution in [3.05, 3.63) is 11.1 Å². The van der Waals surface area contributed by atoms with E-state index in [2.05, 4.69) is 55.4 Å². The summed E-state index contributed by atoms with van der Waals surface area (Å²) in [5.74, 6) is 0.947. The van der Waals surface area contributed by atoms with Crippen molar-refractivity contribution in [1.29, 1.82) is 0 Å². The molecule has 5 heteroatoms. The lowest BCUT2D eigenvalue weighted by molar-refractivity contribution is -0.208. The molecule has 0 spiro atoms. The van der Waals surface area contributed by atoms with Crippen LogP contribution in [0.3, 0.4) is 0 Å². The van der Waals surface area contributed by atoms with Gasteiger partial charge in [0.25, 0.3) is 0 Å². The number of hydrogen-bond donors (Lipinski definition) is 1. The Labute approximate surface area is 224 Å². The molecule has 0 aromatic rings. The number of hydrogen-bond acceptors (Lipinski definition) is 5. The molecule has 0 amide bonds. The van der Waals surface area contributed by atoms with Gasteiger partial charge in [0.15, 0.2) is 0 Å². The highest BCUT2D eigenvalue weighted by atomic mass is 16.6. The SMILES string of the molecule is CC(=O)O[C@H](C[C@H](C)C1=C2C[C@H](O)[C@@H]3[C@@]4(C)CCC(=O)C(C)(C)[C@H]4CC[C@]3(C)[C@@]2(C)CC1)[C@@H]1OC1(C)C. The van der Waals surface area contributed by atoms with E-state index in [9.17, 15) is 14.7 Å². The molecule has 1 N–H and O–H groups in total. The van der Waals surface area contributed by atoms with Crippen molar-refractivity contribution < 1.29 is 24.2 Å². The molecule has 0 aromatic carbocycles. The molecule has 9 atom stereocenters. The summed E-state index contributed by atoms with van der Waals surface area (Å²) in [5.41, 5.74) is 2.41. The quantitative estimate of drug-likeness (QED) is 0.261. The minimum atomic E-state index is -0.389. The first-order valence-electron chi connectivity index (χ1n) is 14.8. The monoisotopic (exact) mass is 514 g/mol. The van der Waals surface area contributed by atoms with E-state index in [1.54, 1.807) is 0 Å². The Balaban J connectivity index is 1.46. The minimum absolute atomic E-state index is 0.0000676. The number of ketones is 1. The molecule has 1 aliphatic heterocycles. The summed E-state index contributed by atoms with van der Waals surface area (Å²) in [5, 5.41) is 11.9. The summed E-state index contributed by atoms with van der Waals surface area (Å²) in [6, 6.07) is 0. The fourth-order valence-corrected chi connectivity index (χ4v) is 10.4. The summed E-state index contributed by atoms with van der Waals surface area (Å²) in [4.78, 5) is 24.8. The molecule has 1 heterocycles. The maximum atomic E-state index is 12.9. The van der Waals surface area contributed by atoms with Crippen molar-refractivity contribution in [2.75, 3.05) is 0 Å². The molecule has 1 saturated heterocycles. The van der Waals surface area contributed by atoms with E-state index in [0.717, 1.165) is 44.9 Å². The van der Waals surface area contributed by atoms with Gasteiger partial charge in [-0.3, -0.25) is 9.59 Å². The van der Waals surface area contributed by atoms with Gasteiger partial charge in [-0.15, -0.1) is 0 Å². The Morgan fingerprint density at radius 2 is 1.73 bits per heavy atom. The maximum absolute atomic E-state index is 12.9. The molecule has 4 fully saturated rings. The molecule has 0 radical (unpaired) electrons. The van der Waals surface area contributed by atoms with E-state index < -0.39 is 0 Å². The van der Waals surface area contributed by atoms with Crippen molar-refractivity contribution in [3.63, 3.8) is 0 Å². The van der Waals surface area contributed by atoms with Crippen LogP contribution in [0.15, 0.2) is 11.1 Å². The number of allylic oxidation sites excluding steroid dienone is 1. The third-order valence-electron chi connectivity index (χ3n) is 12.5. The van der Waals surface area contributed by atoms with Gasteiger partial charge >= 0.3 is 5.97 Å². The standard InChI is InChI=1S/C32H50O5/c1-18(16-23(36-19(2)33)27-29(5,6)37-27)20-10-14-31(8)21(20)17-22(34)26-30(7)13-12-25(35)28(3,4)24(30)11-15-32(26,31)9/h18,22-24,26-27,34H,10-17H2,1-9H3/t18-,22-,23+,24+,26+,27-,30-,31-,32-/m0/s1. The van der Waals surface area contributed by atoms with E-state index >= 15 is 0 Å². The van der Waals surface area contributed by atoms with Crippen molar-refractivity contribution >= 4 is 11.8 Å². The topological polar surface area (TPSA) is 76.1 Å². The number of carbonyl (C=O) groups excluding carboxylic acids is 2. The van der Waals surface area contributed by atoms with Gasteiger partial charge in [-0.25, -0.2) is 0 Å². The zero-order valence-corrected chi connectivity index (χ0v) is 24.7. The lowest BCUT2D eigenvalue weighted by atomic mass is 9.36. The second kappa shape index (κ2) is 8.40. The highest BCUT2D eigenvalue weighted by Crippen LogP contribution is 2.74. The molecule has 37 heavy (non-hydrogen) atoms. The Kier molecular flexibility index (Phi) is 6.21. The van der Waals surface area contributed by atoms with Crippen LogP contribution in [0.4, 0.5) is 0 Å². The van der Waals surface area contributed by atoms with Crippen LogP contribution in [0, 0.1) is 39.4 Å². The zero-order chi connectivity index (χ0) is 27.3. The van der Waals surface area contributed by atoms with Crippen molar-refractivity contribution in [2.45, 2.75) is 138 Å². The third-order valence-corrected chi connectivity index (χ3v) is 12.5. The molecule has 5 aliphatic rings. The number of carbonyl (C=O) groups is 2. The number of esters is 1. The molecule has 208 valence electrons. The van der Waals surface area contributed by atoms with Crippen LogP contribution in [-0.4, -0.2) is 40.8 Å². The van der Waals surface area contributed by atoms with Crippen LogP contribution in [-0.2, 0) is 19.1 Å². The number of aliphatic hydroxyl groups excluding tert-OH is 1. The van der Waals surface area contributed by atoms with E-state index in [1.165, 1.54) is 18.1 Å². The molecule has 4 aliphatic carbocycles. The minimum Gasteiger partial charge on any atom is -0.460 e. The maximum Gasteiger partial charge on any atom is 0.302 e. The van der Waals surface area contributed by atoms with Gasteiger partial charge in [-0.1, -0.05) is 52.7 Å². The zero-order valence-electron chi connectivity index (χ0n) is 24.7. The second-order valence-electron chi connectivity index (χ2n) is 15.2. The molecule has 5 rings (SSSR count). The molecule has 0 aromatic heterocycles.